The number of ketones is 1. The van der Waals surface area contributed by atoms with E-state index in [1.807, 2.05) is 13.8 Å². The number of carbonyl (C=O) groups is 2. The second-order valence-corrected chi connectivity index (χ2v) is 6.29. The molecule has 2 rings (SSSR count). The van der Waals surface area contributed by atoms with E-state index in [2.05, 4.69) is 0 Å². The Morgan fingerprint density at radius 1 is 1.15 bits per heavy atom. The molecule has 5 heteroatoms. The van der Waals surface area contributed by atoms with Crippen molar-refractivity contribution in [3.05, 3.63) is 70.0 Å². The van der Waals surface area contributed by atoms with E-state index in [1.54, 1.807) is 26.0 Å². The molecule has 0 spiro atoms. The summed E-state index contributed by atoms with van der Waals surface area (Å²) in [4.78, 5) is 23.8. The lowest BCUT2D eigenvalue weighted by atomic mass is 9.97. The van der Waals surface area contributed by atoms with Crippen LogP contribution in [0, 0.1) is 19.7 Å². The van der Waals surface area contributed by atoms with Crippen LogP contribution < -0.4 is 4.74 Å². The van der Waals surface area contributed by atoms with Gasteiger partial charge in [0, 0.05) is 16.7 Å². The van der Waals surface area contributed by atoms with Gasteiger partial charge in [0.15, 0.2) is 5.78 Å². The van der Waals surface area contributed by atoms with Crippen LogP contribution in [0.15, 0.2) is 36.4 Å². The van der Waals surface area contributed by atoms with Crippen LogP contribution in [0.5, 0.6) is 5.75 Å². The number of halogens is 1. The minimum Gasteiger partial charge on any atom is -0.490 e. The number of allylic oxidation sites excluding steroid dienone is 1. The summed E-state index contributed by atoms with van der Waals surface area (Å²) < 4.78 is 18.8. The van der Waals surface area contributed by atoms with Crippen molar-refractivity contribution in [2.45, 2.75) is 33.8 Å². The molecule has 0 unspecified atom stereocenters. The number of carboxylic acids is 1. The topological polar surface area (TPSA) is 63.6 Å². The number of aryl methyl sites for hydroxylation is 1. The lowest BCUT2D eigenvalue weighted by Crippen LogP contribution is -2.12. The van der Waals surface area contributed by atoms with Gasteiger partial charge in [-0.15, -0.1) is 0 Å². The average Bonchev–Trinajstić information content (AvgIpc) is 2.55. The second-order valence-electron chi connectivity index (χ2n) is 6.29. The molecule has 1 N–H and O–H groups in total. The van der Waals surface area contributed by atoms with Crippen molar-refractivity contribution >= 4 is 17.8 Å². The summed E-state index contributed by atoms with van der Waals surface area (Å²) in [5, 5.41) is 9.43. The van der Waals surface area contributed by atoms with Crippen LogP contribution in [-0.4, -0.2) is 23.0 Å². The van der Waals surface area contributed by atoms with E-state index in [0.29, 0.717) is 28.0 Å². The highest BCUT2D eigenvalue weighted by atomic mass is 19.1. The third kappa shape index (κ3) is 4.36. The molecule has 0 aromatic heterocycles. The average molecular weight is 356 g/mol. The number of benzene rings is 2. The molecule has 0 saturated heterocycles. The van der Waals surface area contributed by atoms with E-state index in [1.165, 1.54) is 30.3 Å². The monoisotopic (exact) mass is 356 g/mol. The largest absolute Gasteiger partial charge is 0.490 e. The number of rotatable bonds is 6. The van der Waals surface area contributed by atoms with Gasteiger partial charge in [-0.1, -0.05) is 0 Å². The Labute approximate surface area is 151 Å². The Kier molecular flexibility index (Phi) is 5.93. The smallest absolute Gasteiger partial charge is 0.336 e. The van der Waals surface area contributed by atoms with Crippen LogP contribution in [0.3, 0.4) is 0 Å². The lowest BCUT2D eigenvalue weighted by molar-refractivity contribution is 0.0694. The van der Waals surface area contributed by atoms with Crippen LogP contribution in [-0.2, 0) is 0 Å². The Hall–Kier alpha value is -2.95. The summed E-state index contributed by atoms with van der Waals surface area (Å²) in [5.41, 5.74) is 2.28. The van der Waals surface area contributed by atoms with E-state index in [0.717, 1.165) is 0 Å². The Balaban J connectivity index is 2.45. The van der Waals surface area contributed by atoms with Crippen molar-refractivity contribution in [1.29, 1.82) is 0 Å². The zero-order chi connectivity index (χ0) is 19.4. The van der Waals surface area contributed by atoms with Crippen molar-refractivity contribution in [1.82, 2.24) is 0 Å². The third-order valence-electron chi connectivity index (χ3n) is 3.85. The van der Waals surface area contributed by atoms with Crippen molar-refractivity contribution in [3.8, 4) is 5.75 Å². The van der Waals surface area contributed by atoms with Gasteiger partial charge in [0.1, 0.15) is 11.6 Å². The van der Waals surface area contributed by atoms with Gasteiger partial charge in [-0.2, -0.15) is 0 Å². The molecule has 2 aromatic carbocycles. The van der Waals surface area contributed by atoms with Crippen molar-refractivity contribution < 1.29 is 23.8 Å². The zero-order valence-electron chi connectivity index (χ0n) is 15.2. The van der Waals surface area contributed by atoms with Crippen molar-refractivity contribution in [3.63, 3.8) is 0 Å². The molecule has 26 heavy (non-hydrogen) atoms. The number of hydrogen-bond acceptors (Lipinski definition) is 3. The summed E-state index contributed by atoms with van der Waals surface area (Å²) in [6, 6.07) is 6.96. The van der Waals surface area contributed by atoms with Crippen molar-refractivity contribution in [2.24, 2.45) is 0 Å². The first-order chi connectivity index (χ1) is 12.2. The SMILES string of the molecule is Cc1cc(/C=C/C(=O)c2ccc(F)cc2)c(OC(C)C)c(C)c1C(=O)O. The number of ether oxygens (including phenoxy) is 1. The number of hydrogen-bond donors (Lipinski definition) is 1. The van der Waals surface area contributed by atoms with Crippen LogP contribution in [0.2, 0.25) is 0 Å². The van der Waals surface area contributed by atoms with Crippen LogP contribution in [0.4, 0.5) is 4.39 Å². The predicted molar refractivity (Wildman–Crippen MR) is 98.4 cm³/mol. The maximum atomic E-state index is 13.0. The Morgan fingerprint density at radius 3 is 2.31 bits per heavy atom. The molecule has 0 bridgehead atoms. The van der Waals surface area contributed by atoms with E-state index in [9.17, 15) is 19.1 Å². The van der Waals surface area contributed by atoms with Crippen LogP contribution in [0.1, 0.15) is 51.3 Å². The van der Waals surface area contributed by atoms with E-state index in [4.69, 9.17) is 4.74 Å². The van der Waals surface area contributed by atoms with Gasteiger partial charge in [-0.3, -0.25) is 4.79 Å². The zero-order valence-corrected chi connectivity index (χ0v) is 15.2. The molecule has 0 heterocycles. The van der Waals surface area contributed by atoms with Crippen LogP contribution in [0.25, 0.3) is 6.08 Å². The molecule has 0 aliphatic rings. The van der Waals surface area contributed by atoms with Gasteiger partial charge in [-0.25, -0.2) is 9.18 Å². The summed E-state index contributed by atoms with van der Waals surface area (Å²) in [6.07, 6.45) is 2.81. The van der Waals surface area contributed by atoms with E-state index in [-0.39, 0.29) is 17.5 Å². The normalized spacial score (nSPS) is 11.2. The standard InChI is InChI=1S/C21H21FO4/c1-12(2)26-20-14(4)19(21(24)25)13(3)11-16(20)7-10-18(23)15-5-8-17(22)9-6-15/h5-12H,1-4H3,(H,24,25)/b10-7+. The lowest BCUT2D eigenvalue weighted by Gasteiger charge is -2.18. The minimum atomic E-state index is -1.02. The highest BCUT2D eigenvalue weighted by molar-refractivity contribution is 6.07. The van der Waals surface area contributed by atoms with Gasteiger partial charge in [0.2, 0.25) is 0 Å². The molecule has 2 aromatic rings. The second kappa shape index (κ2) is 7.95. The quantitative estimate of drug-likeness (QED) is 0.595. The van der Waals surface area contributed by atoms with Gasteiger partial charge < -0.3 is 9.84 Å². The summed E-state index contributed by atoms with van der Waals surface area (Å²) >= 11 is 0. The van der Waals surface area contributed by atoms with Gasteiger partial charge in [0.25, 0.3) is 0 Å². The van der Waals surface area contributed by atoms with Crippen LogP contribution >= 0.6 is 0 Å². The predicted octanol–water partition coefficient (Wildman–Crippen LogP) is 4.82. The molecular formula is C21H21FO4. The third-order valence-corrected chi connectivity index (χ3v) is 3.85. The van der Waals surface area contributed by atoms with E-state index >= 15 is 0 Å². The van der Waals surface area contributed by atoms with Gasteiger partial charge >= 0.3 is 5.97 Å². The minimum absolute atomic E-state index is 0.155. The van der Waals surface area contributed by atoms with Crippen molar-refractivity contribution in [2.75, 3.05) is 0 Å². The highest BCUT2D eigenvalue weighted by Crippen LogP contribution is 2.31. The van der Waals surface area contributed by atoms with Gasteiger partial charge in [0.05, 0.1) is 11.7 Å². The molecule has 0 fully saturated rings. The Bertz CT molecular complexity index is 865. The first-order valence-electron chi connectivity index (χ1n) is 8.22. The molecule has 0 atom stereocenters. The van der Waals surface area contributed by atoms with E-state index < -0.39 is 11.8 Å². The first-order valence-corrected chi connectivity index (χ1v) is 8.22. The summed E-state index contributed by atoms with van der Waals surface area (Å²) in [6.45, 7) is 7.08. The fourth-order valence-electron chi connectivity index (χ4n) is 2.72. The molecule has 0 saturated carbocycles. The maximum absolute atomic E-state index is 13.0. The summed E-state index contributed by atoms with van der Waals surface area (Å²) in [7, 11) is 0. The number of aromatic carboxylic acids is 1. The number of carbonyl (C=O) groups excluding carboxylic acids is 1. The molecule has 0 aliphatic carbocycles. The maximum Gasteiger partial charge on any atom is 0.336 e. The Morgan fingerprint density at radius 2 is 1.77 bits per heavy atom. The molecule has 0 radical (unpaired) electrons. The molecule has 0 amide bonds. The molecule has 136 valence electrons. The molecule has 0 aliphatic heterocycles. The first kappa shape index (κ1) is 19.4. The fraction of sp³-hybridized carbons (Fsp3) is 0.238. The summed E-state index contributed by atoms with van der Waals surface area (Å²) in [5.74, 6) is -1.27. The molecular weight excluding hydrogens is 335 g/mol. The molecule has 4 nitrogen and oxygen atoms in total. The van der Waals surface area contributed by atoms with Gasteiger partial charge in [-0.05, 0) is 75.7 Å². The number of carboxylic acid groups (broad SMARTS) is 1. The fourth-order valence-corrected chi connectivity index (χ4v) is 2.72. The highest BCUT2D eigenvalue weighted by Gasteiger charge is 2.19.